The van der Waals surface area contributed by atoms with Crippen LogP contribution in [0.25, 0.3) is 0 Å². The SMILES string of the molecule is CCNC1(C(N)=O)CC(C)(C)OC1(C)C. The van der Waals surface area contributed by atoms with E-state index in [4.69, 9.17) is 10.5 Å². The Morgan fingerprint density at radius 3 is 2.20 bits per heavy atom. The zero-order valence-electron chi connectivity index (χ0n) is 10.3. The van der Waals surface area contributed by atoms with E-state index in [1.807, 2.05) is 34.6 Å². The Balaban J connectivity index is 3.12. The second-order valence-electron chi connectivity index (χ2n) is 5.35. The van der Waals surface area contributed by atoms with Crippen LogP contribution in [0.5, 0.6) is 0 Å². The normalized spacial score (nSPS) is 32.9. The van der Waals surface area contributed by atoms with Crippen molar-refractivity contribution in [3.63, 3.8) is 0 Å². The van der Waals surface area contributed by atoms with Gasteiger partial charge in [-0.25, -0.2) is 0 Å². The summed E-state index contributed by atoms with van der Waals surface area (Å²) in [5.74, 6) is -0.333. The van der Waals surface area contributed by atoms with Gasteiger partial charge in [-0.15, -0.1) is 0 Å². The lowest BCUT2D eigenvalue weighted by Crippen LogP contribution is -2.65. The molecule has 1 unspecified atom stereocenters. The zero-order chi connectivity index (χ0) is 11.9. The van der Waals surface area contributed by atoms with Crippen molar-refractivity contribution in [1.82, 2.24) is 5.32 Å². The highest BCUT2D eigenvalue weighted by Crippen LogP contribution is 2.44. The Bertz CT molecular complexity index is 274. The maximum absolute atomic E-state index is 11.7. The maximum Gasteiger partial charge on any atom is 0.240 e. The molecule has 0 aromatic heterocycles. The molecule has 1 heterocycles. The quantitative estimate of drug-likeness (QED) is 0.730. The molecule has 1 saturated heterocycles. The molecule has 1 rings (SSSR count). The molecule has 15 heavy (non-hydrogen) atoms. The molecule has 88 valence electrons. The molecule has 1 fully saturated rings. The number of likely N-dealkylation sites (N-methyl/N-ethyl adjacent to an activating group) is 1. The molecular formula is C11H22N2O2. The number of amides is 1. The van der Waals surface area contributed by atoms with Crippen LogP contribution >= 0.6 is 0 Å². The molecule has 3 N–H and O–H groups in total. The molecule has 0 bridgehead atoms. The van der Waals surface area contributed by atoms with Crippen molar-refractivity contribution in [3.8, 4) is 0 Å². The van der Waals surface area contributed by atoms with Crippen LogP contribution in [0.4, 0.5) is 0 Å². The molecule has 0 aromatic carbocycles. The van der Waals surface area contributed by atoms with Gasteiger partial charge in [-0.2, -0.15) is 0 Å². The monoisotopic (exact) mass is 214 g/mol. The standard InChI is InChI=1S/C11H22N2O2/c1-6-13-11(8(12)14)7-9(2,3)15-10(11,4)5/h13H,6-7H2,1-5H3,(H2,12,14). The second kappa shape index (κ2) is 3.46. The van der Waals surface area contributed by atoms with Crippen LogP contribution in [0.1, 0.15) is 41.0 Å². The van der Waals surface area contributed by atoms with Gasteiger partial charge >= 0.3 is 0 Å². The molecule has 0 radical (unpaired) electrons. The number of rotatable bonds is 3. The fourth-order valence-corrected chi connectivity index (χ4v) is 2.71. The van der Waals surface area contributed by atoms with Gasteiger partial charge in [0, 0.05) is 6.42 Å². The first kappa shape index (κ1) is 12.5. The summed E-state index contributed by atoms with van der Waals surface area (Å²) in [7, 11) is 0. The van der Waals surface area contributed by atoms with Gasteiger partial charge in [-0.1, -0.05) is 6.92 Å². The van der Waals surface area contributed by atoms with Crippen LogP contribution in [0.15, 0.2) is 0 Å². The summed E-state index contributed by atoms with van der Waals surface area (Å²) in [5, 5.41) is 3.20. The lowest BCUT2D eigenvalue weighted by Gasteiger charge is -2.37. The third-order valence-corrected chi connectivity index (χ3v) is 3.15. The number of carbonyl (C=O) groups excluding carboxylic acids is 1. The Morgan fingerprint density at radius 1 is 1.40 bits per heavy atom. The summed E-state index contributed by atoms with van der Waals surface area (Å²) >= 11 is 0. The smallest absolute Gasteiger partial charge is 0.240 e. The highest BCUT2D eigenvalue weighted by Gasteiger charge is 2.60. The minimum atomic E-state index is -0.759. The van der Waals surface area contributed by atoms with E-state index in [1.165, 1.54) is 0 Å². The van der Waals surface area contributed by atoms with E-state index in [0.29, 0.717) is 13.0 Å². The van der Waals surface area contributed by atoms with E-state index in [2.05, 4.69) is 5.32 Å². The Kier molecular flexibility index (Phi) is 2.87. The Hall–Kier alpha value is -0.610. The van der Waals surface area contributed by atoms with Crippen LogP contribution < -0.4 is 11.1 Å². The third kappa shape index (κ3) is 1.88. The van der Waals surface area contributed by atoms with Crippen molar-refractivity contribution in [2.75, 3.05) is 6.54 Å². The Labute approximate surface area is 91.5 Å². The van der Waals surface area contributed by atoms with E-state index in [1.54, 1.807) is 0 Å². The number of primary amides is 1. The van der Waals surface area contributed by atoms with E-state index in [9.17, 15) is 4.79 Å². The van der Waals surface area contributed by atoms with Crippen molar-refractivity contribution >= 4 is 5.91 Å². The van der Waals surface area contributed by atoms with Gasteiger partial charge in [-0.3, -0.25) is 4.79 Å². The van der Waals surface area contributed by atoms with E-state index >= 15 is 0 Å². The fraction of sp³-hybridized carbons (Fsp3) is 0.909. The Morgan fingerprint density at radius 2 is 1.93 bits per heavy atom. The summed E-state index contributed by atoms with van der Waals surface area (Å²) in [6, 6.07) is 0. The van der Waals surface area contributed by atoms with Gasteiger partial charge in [0.05, 0.1) is 11.2 Å². The van der Waals surface area contributed by atoms with E-state index in [-0.39, 0.29) is 11.5 Å². The molecule has 0 aliphatic carbocycles. The molecule has 1 amide bonds. The second-order valence-corrected chi connectivity index (χ2v) is 5.35. The van der Waals surface area contributed by atoms with Gasteiger partial charge < -0.3 is 15.8 Å². The molecular weight excluding hydrogens is 192 g/mol. The first-order valence-corrected chi connectivity index (χ1v) is 5.42. The lowest BCUT2D eigenvalue weighted by molar-refractivity contribution is -0.133. The average molecular weight is 214 g/mol. The molecule has 0 spiro atoms. The summed E-state index contributed by atoms with van der Waals surface area (Å²) in [4.78, 5) is 11.7. The molecule has 1 aliphatic heterocycles. The topological polar surface area (TPSA) is 64.3 Å². The highest BCUT2D eigenvalue weighted by molar-refractivity contribution is 5.87. The third-order valence-electron chi connectivity index (χ3n) is 3.15. The zero-order valence-corrected chi connectivity index (χ0v) is 10.3. The average Bonchev–Trinajstić information content (AvgIpc) is 2.17. The van der Waals surface area contributed by atoms with Gasteiger partial charge in [0.1, 0.15) is 5.54 Å². The largest absolute Gasteiger partial charge is 0.368 e. The maximum atomic E-state index is 11.7. The van der Waals surface area contributed by atoms with E-state index in [0.717, 1.165) is 0 Å². The predicted molar refractivity (Wildman–Crippen MR) is 59.5 cm³/mol. The summed E-state index contributed by atoms with van der Waals surface area (Å²) in [6.07, 6.45) is 0.607. The van der Waals surface area contributed by atoms with Crippen molar-refractivity contribution in [3.05, 3.63) is 0 Å². The molecule has 0 saturated carbocycles. The summed E-state index contributed by atoms with van der Waals surface area (Å²) < 4.78 is 5.90. The van der Waals surface area contributed by atoms with Gasteiger partial charge in [0.2, 0.25) is 5.91 Å². The van der Waals surface area contributed by atoms with Crippen LogP contribution in [0.3, 0.4) is 0 Å². The first-order valence-electron chi connectivity index (χ1n) is 5.42. The fourth-order valence-electron chi connectivity index (χ4n) is 2.71. The number of hydrogen-bond donors (Lipinski definition) is 2. The first-order chi connectivity index (χ1) is 6.67. The number of carbonyl (C=O) groups is 1. The van der Waals surface area contributed by atoms with Gasteiger partial charge in [-0.05, 0) is 34.2 Å². The van der Waals surface area contributed by atoms with Gasteiger partial charge in [0.15, 0.2) is 0 Å². The van der Waals surface area contributed by atoms with E-state index < -0.39 is 11.1 Å². The molecule has 4 heteroatoms. The summed E-state index contributed by atoms with van der Waals surface area (Å²) in [6.45, 7) is 10.5. The number of hydrogen-bond acceptors (Lipinski definition) is 3. The van der Waals surface area contributed by atoms with Crippen LogP contribution in [-0.2, 0) is 9.53 Å². The van der Waals surface area contributed by atoms with Crippen LogP contribution in [0, 0.1) is 0 Å². The predicted octanol–water partition coefficient (Wildman–Crippen LogP) is 0.797. The number of ether oxygens (including phenoxy) is 1. The highest BCUT2D eigenvalue weighted by atomic mass is 16.5. The molecule has 0 aromatic rings. The molecule has 1 aliphatic rings. The number of nitrogens with one attached hydrogen (secondary N) is 1. The molecule has 4 nitrogen and oxygen atoms in total. The minimum Gasteiger partial charge on any atom is -0.368 e. The lowest BCUT2D eigenvalue weighted by atomic mass is 9.78. The van der Waals surface area contributed by atoms with Gasteiger partial charge in [0.25, 0.3) is 0 Å². The van der Waals surface area contributed by atoms with Crippen molar-refractivity contribution in [2.24, 2.45) is 5.73 Å². The van der Waals surface area contributed by atoms with Crippen LogP contribution in [-0.4, -0.2) is 29.2 Å². The number of nitrogens with two attached hydrogens (primary N) is 1. The minimum absolute atomic E-state index is 0.319. The molecule has 1 atom stereocenters. The summed E-state index contributed by atoms with van der Waals surface area (Å²) in [5.41, 5.74) is 3.89. The van der Waals surface area contributed by atoms with Crippen molar-refractivity contribution < 1.29 is 9.53 Å². The van der Waals surface area contributed by atoms with Crippen molar-refractivity contribution in [2.45, 2.75) is 57.8 Å². The van der Waals surface area contributed by atoms with Crippen LogP contribution in [0.2, 0.25) is 0 Å². The van der Waals surface area contributed by atoms with Crippen molar-refractivity contribution in [1.29, 1.82) is 0 Å².